The molecule has 6 nitrogen and oxygen atoms in total. The second kappa shape index (κ2) is 8.79. The molecule has 0 spiro atoms. The standard InChI is InChI=1S/C12H23N5OS/c1-9(2)18-12-16-10(13)15-11(17-12)14-7-5-4-6-8-19-3/h9H,4-8H2,1-3H3,(H3,13,14,15,16,17). The van der Waals surface area contributed by atoms with Crippen LogP contribution in [-0.4, -0.2) is 39.6 Å². The summed E-state index contributed by atoms with van der Waals surface area (Å²) in [5, 5.41) is 3.15. The van der Waals surface area contributed by atoms with Crippen molar-refractivity contribution in [2.75, 3.05) is 29.6 Å². The molecule has 0 bridgehead atoms. The Balaban J connectivity index is 2.38. The molecule has 0 aliphatic rings. The highest BCUT2D eigenvalue weighted by Crippen LogP contribution is 2.10. The monoisotopic (exact) mass is 285 g/mol. The predicted molar refractivity (Wildman–Crippen MR) is 80.7 cm³/mol. The van der Waals surface area contributed by atoms with Crippen LogP contribution < -0.4 is 15.8 Å². The molecule has 0 fully saturated rings. The molecular weight excluding hydrogens is 262 g/mol. The van der Waals surface area contributed by atoms with Gasteiger partial charge in [-0.15, -0.1) is 0 Å². The molecule has 108 valence electrons. The molecule has 0 aliphatic carbocycles. The molecule has 0 aliphatic heterocycles. The summed E-state index contributed by atoms with van der Waals surface area (Å²) in [5.74, 6) is 1.87. The summed E-state index contributed by atoms with van der Waals surface area (Å²) in [6.07, 6.45) is 5.67. The van der Waals surface area contributed by atoms with Crippen LogP contribution in [0.25, 0.3) is 0 Å². The van der Waals surface area contributed by atoms with Crippen molar-refractivity contribution in [3.8, 4) is 6.01 Å². The van der Waals surface area contributed by atoms with Crippen molar-refractivity contribution in [1.82, 2.24) is 15.0 Å². The number of thioether (sulfide) groups is 1. The summed E-state index contributed by atoms with van der Waals surface area (Å²) < 4.78 is 5.41. The van der Waals surface area contributed by atoms with Crippen LogP contribution in [0.2, 0.25) is 0 Å². The minimum Gasteiger partial charge on any atom is -0.461 e. The molecule has 0 saturated carbocycles. The molecule has 0 unspecified atom stereocenters. The summed E-state index contributed by atoms with van der Waals surface area (Å²) in [6.45, 7) is 4.66. The van der Waals surface area contributed by atoms with E-state index in [2.05, 4.69) is 26.5 Å². The fourth-order valence-electron chi connectivity index (χ4n) is 1.46. The fraction of sp³-hybridized carbons (Fsp3) is 0.750. The van der Waals surface area contributed by atoms with E-state index in [1.54, 1.807) is 0 Å². The predicted octanol–water partition coefficient (Wildman–Crippen LogP) is 2.19. The molecule has 0 amide bonds. The van der Waals surface area contributed by atoms with Crippen molar-refractivity contribution in [2.45, 2.75) is 39.2 Å². The third-order valence-corrected chi connectivity index (χ3v) is 2.98. The first-order valence-corrected chi connectivity index (χ1v) is 7.92. The third-order valence-electron chi connectivity index (χ3n) is 2.28. The van der Waals surface area contributed by atoms with Crippen molar-refractivity contribution < 1.29 is 4.74 Å². The lowest BCUT2D eigenvalue weighted by Gasteiger charge is -2.10. The SMILES string of the molecule is CSCCCCCNc1nc(N)nc(OC(C)C)n1. The lowest BCUT2D eigenvalue weighted by molar-refractivity contribution is 0.222. The Morgan fingerprint density at radius 2 is 2.00 bits per heavy atom. The molecule has 3 N–H and O–H groups in total. The van der Waals surface area contributed by atoms with Gasteiger partial charge in [0.1, 0.15) is 0 Å². The maximum atomic E-state index is 5.62. The number of aromatic nitrogens is 3. The van der Waals surface area contributed by atoms with E-state index >= 15 is 0 Å². The number of hydrogen-bond acceptors (Lipinski definition) is 7. The maximum absolute atomic E-state index is 5.62. The first-order chi connectivity index (χ1) is 9.11. The highest BCUT2D eigenvalue weighted by atomic mass is 32.2. The quantitative estimate of drug-likeness (QED) is 0.672. The van der Waals surface area contributed by atoms with Crippen LogP contribution in [0.3, 0.4) is 0 Å². The number of hydrogen-bond donors (Lipinski definition) is 2. The molecule has 1 aromatic rings. The lowest BCUT2D eigenvalue weighted by Crippen LogP contribution is -2.13. The molecule has 0 saturated heterocycles. The maximum Gasteiger partial charge on any atom is 0.323 e. The van der Waals surface area contributed by atoms with E-state index in [-0.39, 0.29) is 18.1 Å². The van der Waals surface area contributed by atoms with Gasteiger partial charge in [-0.2, -0.15) is 26.7 Å². The number of ether oxygens (including phenoxy) is 1. The molecule has 0 atom stereocenters. The number of rotatable bonds is 9. The number of nitrogen functional groups attached to an aromatic ring is 1. The van der Waals surface area contributed by atoms with Crippen LogP contribution in [0, 0.1) is 0 Å². The lowest BCUT2D eigenvalue weighted by atomic mass is 10.2. The van der Waals surface area contributed by atoms with Gasteiger partial charge in [-0.3, -0.25) is 0 Å². The van der Waals surface area contributed by atoms with Gasteiger partial charge < -0.3 is 15.8 Å². The summed E-state index contributed by atoms with van der Waals surface area (Å²) in [7, 11) is 0. The second-order valence-electron chi connectivity index (χ2n) is 4.45. The number of nitrogens with two attached hydrogens (primary N) is 1. The summed E-state index contributed by atoms with van der Waals surface area (Å²) >= 11 is 1.88. The van der Waals surface area contributed by atoms with Crippen molar-refractivity contribution in [1.29, 1.82) is 0 Å². The Kier molecular flexibility index (Phi) is 7.32. The van der Waals surface area contributed by atoms with Crippen molar-refractivity contribution >= 4 is 23.7 Å². The average molecular weight is 285 g/mol. The zero-order valence-electron chi connectivity index (χ0n) is 11.8. The largest absolute Gasteiger partial charge is 0.461 e. The minimum atomic E-state index is 0.0150. The normalized spacial score (nSPS) is 10.7. The van der Waals surface area contributed by atoms with Gasteiger partial charge in [-0.05, 0) is 38.7 Å². The van der Waals surface area contributed by atoms with Crippen LogP contribution in [0.1, 0.15) is 33.1 Å². The first-order valence-electron chi connectivity index (χ1n) is 6.53. The van der Waals surface area contributed by atoms with E-state index < -0.39 is 0 Å². The van der Waals surface area contributed by atoms with Gasteiger partial charge in [-0.1, -0.05) is 6.42 Å². The summed E-state index contributed by atoms with van der Waals surface area (Å²) in [4.78, 5) is 12.1. The van der Waals surface area contributed by atoms with Crippen molar-refractivity contribution in [3.05, 3.63) is 0 Å². The van der Waals surface area contributed by atoms with E-state index in [9.17, 15) is 0 Å². The Bertz CT molecular complexity index is 375. The Labute approximate surface area is 119 Å². The molecule has 7 heteroatoms. The van der Waals surface area contributed by atoms with E-state index in [0.717, 1.165) is 13.0 Å². The first kappa shape index (κ1) is 15.8. The highest BCUT2D eigenvalue weighted by Gasteiger charge is 2.06. The number of unbranched alkanes of at least 4 members (excludes halogenated alkanes) is 2. The van der Waals surface area contributed by atoms with Gasteiger partial charge in [0.05, 0.1) is 6.10 Å². The minimum absolute atomic E-state index is 0.0150. The Morgan fingerprint density at radius 1 is 1.21 bits per heavy atom. The van der Waals surface area contributed by atoms with Gasteiger partial charge >= 0.3 is 6.01 Å². The third kappa shape index (κ3) is 7.05. The number of nitrogens with one attached hydrogen (secondary N) is 1. The molecule has 0 aromatic carbocycles. The molecule has 19 heavy (non-hydrogen) atoms. The van der Waals surface area contributed by atoms with Crippen LogP contribution in [-0.2, 0) is 0 Å². The molecule has 0 radical (unpaired) electrons. The van der Waals surface area contributed by atoms with E-state index in [1.165, 1.54) is 18.6 Å². The van der Waals surface area contributed by atoms with Crippen LogP contribution in [0.5, 0.6) is 6.01 Å². The van der Waals surface area contributed by atoms with Gasteiger partial charge in [0, 0.05) is 6.54 Å². The number of anilines is 2. The summed E-state index contributed by atoms with van der Waals surface area (Å²) in [6, 6.07) is 0.271. The van der Waals surface area contributed by atoms with Gasteiger partial charge in [0.15, 0.2) is 0 Å². The van der Waals surface area contributed by atoms with Gasteiger partial charge in [-0.25, -0.2) is 0 Å². The van der Waals surface area contributed by atoms with Crippen LogP contribution in [0.15, 0.2) is 0 Å². The summed E-state index contributed by atoms with van der Waals surface area (Å²) in [5.41, 5.74) is 5.62. The van der Waals surface area contributed by atoms with E-state index in [4.69, 9.17) is 10.5 Å². The topological polar surface area (TPSA) is 86.0 Å². The smallest absolute Gasteiger partial charge is 0.323 e. The average Bonchev–Trinajstić information content (AvgIpc) is 2.32. The van der Waals surface area contributed by atoms with E-state index in [0.29, 0.717) is 5.95 Å². The molecule has 1 aromatic heterocycles. The van der Waals surface area contributed by atoms with Gasteiger partial charge in [0.25, 0.3) is 0 Å². The Morgan fingerprint density at radius 3 is 2.68 bits per heavy atom. The molecular formula is C12H23N5OS. The highest BCUT2D eigenvalue weighted by molar-refractivity contribution is 7.98. The zero-order chi connectivity index (χ0) is 14.1. The fourth-order valence-corrected chi connectivity index (χ4v) is 1.96. The zero-order valence-corrected chi connectivity index (χ0v) is 12.7. The van der Waals surface area contributed by atoms with Crippen molar-refractivity contribution in [2.24, 2.45) is 0 Å². The van der Waals surface area contributed by atoms with Gasteiger partial charge in [0.2, 0.25) is 11.9 Å². The Hall–Kier alpha value is -1.24. The van der Waals surface area contributed by atoms with Crippen LogP contribution in [0.4, 0.5) is 11.9 Å². The second-order valence-corrected chi connectivity index (χ2v) is 5.43. The van der Waals surface area contributed by atoms with Crippen LogP contribution >= 0.6 is 11.8 Å². The van der Waals surface area contributed by atoms with Crippen molar-refractivity contribution in [3.63, 3.8) is 0 Å². The molecule has 1 heterocycles. The number of nitrogens with zero attached hydrogens (tertiary/aromatic N) is 3. The van der Waals surface area contributed by atoms with E-state index in [1.807, 2.05) is 25.6 Å². The molecule has 1 rings (SSSR count).